The Morgan fingerprint density at radius 3 is 2.29 bits per heavy atom. The van der Waals surface area contributed by atoms with Crippen molar-refractivity contribution in [1.82, 2.24) is 34.8 Å². The van der Waals surface area contributed by atoms with E-state index in [-0.39, 0.29) is 17.8 Å². The van der Waals surface area contributed by atoms with Gasteiger partial charge < -0.3 is 15.1 Å². The molecule has 1 saturated carbocycles. The molecule has 0 radical (unpaired) electrons. The summed E-state index contributed by atoms with van der Waals surface area (Å²) in [4.78, 5) is 24.1. The quantitative estimate of drug-likeness (QED) is 0.317. The zero-order valence-corrected chi connectivity index (χ0v) is 24.1. The number of nitrogens with zero attached hydrogens (tertiary/aromatic N) is 7. The minimum atomic E-state index is -3.85. The monoisotopic (exact) mass is 585 g/mol. The molecule has 0 bridgehead atoms. The van der Waals surface area contributed by atoms with Crippen LogP contribution in [0.1, 0.15) is 40.5 Å². The summed E-state index contributed by atoms with van der Waals surface area (Å²) in [5, 5.41) is 14.8. The van der Waals surface area contributed by atoms with Crippen LogP contribution in [0.3, 0.4) is 0 Å². The van der Waals surface area contributed by atoms with Gasteiger partial charge in [-0.3, -0.25) is 14.6 Å². The number of anilines is 4. The van der Waals surface area contributed by atoms with Crippen LogP contribution in [-0.2, 0) is 16.9 Å². The van der Waals surface area contributed by atoms with Crippen LogP contribution in [0, 0.1) is 18.6 Å². The van der Waals surface area contributed by atoms with Crippen molar-refractivity contribution in [2.24, 2.45) is 7.05 Å². The average Bonchev–Trinajstić information content (AvgIpc) is 3.53. The predicted octanol–water partition coefficient (Wildman–Crippen LogP) is 3.68. The second-order valence-corrected chi connectivity index (χ2v) is 12.3. The van der Waals surface area contributed by atoms with Gasteiger partial charge in [-0.1, -0.05) is 0 Å². The van der Waals surface area contributed by atoms with Gasteiger partial charge in [0.25, 0.3) is 5.91 Å². The zero-order chi connectivity index (χ0) is 29.8. The molecule has 12 nitrogen and oxygen atoms in total. The van der Waals surface area contributed by atoms with Gasteiger partial charge in [-0.25, -0.2) is 22.2 Å². The Kier molecular flexibility index (Phi) is 7.01. The number of hydrogen-bond donors (Lipinski definition) is 2. The van der Waals surface area contributed by atoms with E-state index in [0.717, 1.165) is 47.4 Å². The van der Waals surface area contributed by atoms with Gasteiger partial charge in [0.05, 0.1) is 4.90 Å². The van der Waals surface area contributed by atoms with Crippen molar-refractivity contribution in [1.29, 1.82) is 0 Å². The first-order valence-electron chi connectivity index (χ1n) is 12.6. The number of nitrogens with one attached hydrogen (secondary N) is 2. The number of amides is 1. The number of aromatic nitrogens is 6. The lowest BCUT2D eigenvalue weighted by Crippen LogP contribution is -2.24. The fraction of sp³-hybridized carbons (Fsp3) is 0.346. The van der Waals surface area contributed by atoms with E-state index in [4.69, 9.17) is 4.98 Å². The van der Waals surface area contributed by atoms with E-state index in [1.807, 2.05) is 6.92 Å². The summed E-state index contributed by atoms with van der Waals surface area (Å²) in [6.45, 7) is 1.84. The van der Waals surface area contributed by atoms with Gasteiger partial charge in [-0.2, -0.15) is 15.2 Å². The van der Waals surface area contributed by atoms with Crippen molar-refractivity contribution < 1.29 is 22.0 Å². The average molecular weight is 586 g/mol. The van der Waals surface area contributed by atoms with Gasteiger partial charge >= 0.3 is 0 Å². The Labute approximate surface area is 235 Å². The number of carbonyl (C=O) groups is 1. The van der Waals surface area contributed by atoms with Crippen LogP contribution in [0.25, 0.3) is 11.4 Å². The molecule has 0 spiro atoms. The second-order valence-electron chi connectivity index (χ2n) is 10.3. The first-order valence-corrected chi connectivity index (χ1v) is 14.5. The van der Waals surface area contributed by atoms with E-state index < -0.39 is 32.1 Å². The molecule has 0 unspecified atom stereocenters. The van der Waals surface area contributed by atoms with E-state index in [9.17, 15) is 13.2 Å². The molecule has 1 aliphatic rings. The minimum Gasteiger partial charge on any atom is -0.343 e. The number of aryl methyl sites for hydroxylation is 2. The van der Waals surface area contributed by atoms with Crippen LogP contribution in [0.4, 0.5) is 32.1 Å². The molecule has 3 heterocycles. The van der Waals surface area contributed by atoms with Crippen LogP contribution in [0.5, 0.6) is 0 Å². The molecule has 3 aromatic heterocycles. The fourth-order valence-electron chi connectivity index (χ4n) is 4.45. The van der Waals surface area contributed by atoms with E-state index in [2.05, 4.69) is 25.6 Å². The van der Waals surface area contributed by atoms with Gasteiger partial charge in [0.1, 0.15) is 28.6 Å². The second kappa shape index (κ2) is 10.2. The molecule has 41 heavy (non-hydrogen) atoms. The summed E-state index contributed by atoms with van der Waals surface area (Å²) >= 11 is 0. The summed E-state index contributed by atoms with van der Waals surface area (Å²) in [5.41, 5.74) is 2.10. The smallest absolute Gasteiger partial charge is 0.271 e. The Hall–Kier alpha value is -4.40. The van der Waals surface area contributed by atoms with Crippen LogP contribution >= 0.6 is 0 Å². The first kappa shape index (κ1) is 28.1. The molecule has 1 aliphatic carbocycles. The number of benzene rings is 1. The Morgan fingerprint density at radius 2 is 1.76 bits per heavy atom. The normalized spacial score (nSPS) is 13.4. The highest BCUT2D eigenvalue weighted by Gasteiger charge is 2.34. The molecule has 0 saturated heterocycles. The van der Waals surface area contributed by atoms with Crippen molar-refractivity contribution in [2.45, 2.75) is 30.6 Å². The summed E-state index contributed by atoms with van der Waals surface area (Å²) < 4.78 is 55.7. The molecule has 1 aromatic carbocycles. The number of halogens is 2. The number of H-pyrrole nitrogens is 1. The van der Waals surface area contributed by atoms with Gasteiger partial charge in [-0.15, -0.1) is 0 Å². The van der Waals surface area contributed by atoms with Crippen molar-refractivity contribution in [3.05, 3.63) is 52.9 Å². The molecule has 216 valence electrons. The highest BCUT2D eigenvalue weighted by molar-refractivity contribution is 7.90. The van der Waals surface area contributed by atoms with Crippen LogP contribution in [0.15, 0.2) is 29.2 Å². The lowest BCUT2D eigenvalue weighted by atomic mass is 10.1. The molecule has 1 fully saturated rings. The van der Waals surface area contributed by atoms with Crippen LogP contribution in [0.2, 0.25) is 0 Å². The standard InChI is InChI=1S/C26H29F2N9O3S/c1-13-9-20(33-32-13)29-24-21(14-7-8-14)22(18-12-19(37(5)34-18)25(38)35(2)3)30-26(31-24)36(4)23-16(27)10-15(11-17(23)28)41(6,39)40/h9-12,14H,7-8H2,1-6H3,(H2,29,30,31,32,33). The van der Waals surface area contributed by atoms with E-state index in [1.165, 1.54) is 16.6 Å². The van der Waals surface area contributed by atoms with Gasteiger partial charge in [-0.05, 0) is 43.9 Å². The lowest BCUT2D eigenvalue weighted by Gasteiger charge is -2.22. The Balaban J connectivity index is 1.71. The summed E-state index contributed by atoms with van der Waals surface area (Å²) in [7, 11) is 2.43. The maximum absolute atomic E-state index is 15.2. The highest BCUT2D eigenvalue weighted by Crippen LogP contribution is 2.48. The number of rotatable bonds is 8. The lowest BCUT2D eigenvalue weighted by molar-refractivity contribution is 0.0817. The maximum Gasteiger partial charge on any atom is 0.271 e. The topological polar surface area (TPSA) is 142 Å². The van der Waals surface area contributed by atoms with Crippen molar-refractivity contribution in [2.75, 3.05) is 37.6 Å². The van der Waals surface area contributed by atoms with Crippen LogP contribution < -0.4 is 10.2 Å². The third-order valence-corrected chi connectivity index (χ3v) is 7.77. The van der Waals surface area contributed by atoms with Gasteiger partial charge in [0, 0.05) is 51.8 Å². The largest absolute Gasteiger partial charge is 0.343 e. The molecule has 2 N–H and O–H groups in total. The SMILES string of the molecule is Cc1cc(Nc2nc(N(C)c3c(F)cc(S(C)(=O)=O)cc3F)nc(-c3cc(C(=O)N(C)C)n(C)n3)c2C2CC2)n[nH]1. The number of aromatic amines is 1. The first-order chi connectivity index (χ1) is 19.2. The van der Waals surface area contributed by atoms with Crippen molar-refractivity contribution in [3.8, 4) is 11.4 Å². The molecule has 5 rings (SSSR count). The van der Waals surface area contributed by atoms with Crippen molar-refractivity contribution >= 4 is 39.0 Å². The Bertz CT molecular complexity index is 1760. The Morgan fingerprint density at radius 1 is 1.10 bits per heavy atom. The number of carbonyl (C=O) groups excluding carboxylic acids is 1. The molecule has 1 amide bonds. The number of hydrogen-bond acceptors (Lipinski definition) is 9. The van der Waals surface area contributed by atoms with E-state index in [0.29, 0.717) is 28.7 Å². The molecular weight excluding hydrogens is 556 g/mol. The summed E-state index contributed by atoms with van der Waals surface area (Å²) in [5.74, 6) is -1.62. The maximum atomic E-state index is 15.2. The minimum absolute atomic E-state index is 0.0874. The molecule has 0 aliphatic heterocycles. The third kappa shape index (κ3) is 5.49. The number of sulfone groups is 1. The summed E-state index contributed by atoms with van der Waals surface area (Å²) in [6.07, 6.45) is 2.60. The third-order valence-electron chi connectivity index (χ3n) is 6.67. The molecule has 15 heteroatoms. The van der Waals surface area contributed by atoms with Gasteiger partial charge in [0.15, 0.2) is 27.3 Å². The van der Waals surface area contributed by atoms with Gasteiger partial charge in [0.2, 0.25) is 5.95 Å². The van der Waals surface area contributed by atoms with Crippen LogP contribution in [-0.4, -0.2) is 76.6 Å². The van der Waals surface area contributed by atoms with E-state index in [1.54, 1.807) is 33.3 Å². The summed E-state index contributed by atoms with van der Waals surface area (Å²) in [6, 6.07) is 4.91. The highest BCUT2D eigenvalue weighted by atomic mass is 32.2. The molecule has 4 aromatic rings. The predicted molar refractivity (Wildman–Crippen MR) is 148 cm³/mol. The fourth-order valence-corrected chi connectivity index (χ4v) is 5.08. The van der Waals surface area contributed by atoms with E-state index >= 15 is 8.78 Å². The zero-order valence-electron chi connectivity index (χ0n) is 23.3. The van der Waals surface area contributed by atoms with Crippen molar-refractivity contribution in [3.63, 3.8) is 0 Å². The molecule has 0 atom stereocenters. The molecular formula is C26H29F2N9O3S.